The molecule has 4 heteroatoms. The second-order valence-electron chi connectivity index (χ2n) is 5.74. The van der Waals surface area contributed by atoms with Crippen LogP contribution in [0.5, 0.6) is 0 Å². The maximum absolute atomic E-state index is 14.1. The van der Waals surface area contributed by atoms with Gasteiger partial charge in [0.2, 0.25) is 0 Å². The molecule has 1 unspecified atom stereocenters. The summed E-state index contributed by atoms with van der Waals surface area (Å²) < 4.78 is 14.1. The fourth-order valence-corrected chi connectivity index (χ4v) is 2.18. The number of rotatable bonds is 8. The van der Waals surface area contributed by atoms with Gasteiger partial charge in [-0.15, -0.1) is 0 Å². The molecule has 0 aliphatic heterocycles. The number of benzene rings is 1. The van der Waals surface area contributed by atoms with Crippen LogP contribution in [0.15, 0.2) is 18.2 Å². The van der Waals surface area contributed by atoms with E-state index in [-0.39, 0.29) is 11.9 Å². The van der Waals surface area contributed by atoms with E-state index >= 15 is 0 Å². The fraction of sp³-hybridized carbons (Fsp3) is 0.625. The van der Waals surface area contributed by atoms with Crippen molar-refractivity contribution in [2.24, 2.45) is 5.73 Å². The van der Waals surface area contributed by atoms with E-state index in [9.17, 15) is 4.39 Å². The highest BCUT2D eigenvalue weighted by molar-refractivity contribution is 5.48. The van der Waals surface area contributed by atoms with Crippen LogP contribution in [-0.4, -0.2) is 45.2 Å². The molecule has 2 N–H and O–H groups in total. The molecule has 0 spiro atoms. The highest BCUT2D eigenvalue weighted by atomic mass is 19.1. The lowest BCUT2D eigenvalue weighted by atomic mass is 10.0. The predicted octanol–water partition coefficient (Wildman–Crippen LogP) is 2.49. The summed E-state index contributed by atoms with van der Waals surface area (Å²) >= 11 is 0. The Balaban J connectivity index is 2.62. The van der Waals surface area contributed by atoms with E-state index in [1.54, 1.807) is 6.07 Å². The Morgan fingerprint density at radius 2 is 1.90 bits per heavy atom. The van der Waals surface area contributed by atoms with Gasteiger partial charge in [0.05, 0.1) is 5.69 Å². The summed E-state index contributed by atoms with van der Waals surface area (Å²) in [4.78, 5) is 4.11. The Morgan fingerprint density at radius 1 is 1.20 bits per heavy atom. The summed E-state index contributed by atoms with van der Waals surface area (Å²) in [6.45, 7) is 3.91. The largest absolute Gasteiger partial charge is 0.372 e. The summed E-state index contributed by atoms with van der Waals surface area (Å²) in [7, 11) is 6.03. The number of nitrogens with zero attached hydrogens (tertiary/aromatic N) is 2. The molecule has 0 aliphatic carbocycles. The molecule has 1 rings (SSSR count). The molecular formula is C16H28FN3. The number of anilines is 1. The van der Waals surface area contributed by atoms with Gasteiger partial charge in [0, 0.05) is 19.6 Å². The molecule has 1 aromatic rings. The maximum Gasteiger partial charge on any atom is 0.146 e. The summed E-state index contributed by atoms with van der Waals surface area (Å²) in [6, 6.07) is 5.57. The molecular weight excluding hydrogens is 253 g/mol. The minimum Gasteiger partial charge on any atom is -0.372 e. The van der Waals surface area contributed by atoms with Crippen molar-refractivity contribution in [3.8, 4) is 0 Å². The van der Waals surface area contributed by atoms with E-state index < -0.39 is 0 Å². The average Bonchev–Trinajstić information content (AvgIpc) is 2.38. The highest BCUT2D eigenvalue weighted by Gasteiger charge is 2.10. The van der Waals surface area contributed by atoms with Crippen molar-refractivity contribution >= 4 is 5.69 Å². The molecule has 0 saturated carbocycles. The second kappa shape index (κ2) is 8.22. The third-order valence-corrected chi connectivity index (χ3v) is 3.54. The van der Waals surface area contributed by atoms with E-state index in [0.717, 1.165) is 37.9 Å². The molecule has 0 amide bonds. The van der Waals surface area contributed by atoms with Crippen LogP contribution in [0.2, 0.25) is 0 Å². The van der Waals surface area contributed by atoms with Gasteiger partial charge >= 0.3 is 0 Å². The van der Waals surface area contributed by atoms with E-state index in [4.69, 9.17) is 5.73 Å². The lowest BCUT2D eigenvalue weighted by molar-refractivity contribution is 0.401. The normalized spacial score (nSPS) is 12.8. The molecule has 0 saturated heterocycles. The highest BCUT2D eigenvalue weighted by Crippen LogP contribution is 2.20. The molecule has 1 atom stereocenters. The van der Waals surface area contributed by atoms with Gasteiger partial charge in [-0.25, -0.2) is 4.39 Å². The van der Waals surface area contributed by atoms with Gasteiger partial charge in [-0.05, 0) is 57.6 Å². The smallest absolute Gasteiger partial charge is 0.146 e. The van der Waals surface area contributed by atoms with Crippen molar-refractivity contribution in [1.82, 2.24) is 4.90 Å². The minimum absolute atomic E-state index is 0.109. The van der Waals surface area contributed by atoms with E-state index in [1.807, 2.05) is 45.1 Å². The predicted molar refractivity (Wildman–Crippen MR) is 84.8 cm³/mol. The zero-order chi connectivity index (χ0) is 15.1. The SMILES string of the molecule is CCC(N)Cc1ccc(N(C)CCCN(C)C)c(F)c1. The van der Waals surface area contributed by atoms with Crippen molar-refractivity contribution < 1.29 is 4.39 Å². The summed E-state index contributed by atoms with van der Waals surface area (Å²) in [5.41, 5.74) is 7.55. The van der Waals surface area contributed by atoms with Crippen LogP contribution in [0.3, 0.4) is 0 Å². The number of halogens is 1. The van der Waals surface area contributed by atoms with E-state index in [2.05, 4.69) is 4.90 Å². The molecule has 0 radical (unpaired) electrons. The van der Waals surface area contributed by atoms with Crippen molar-refractivity contribution in [2.75, 3.05) is 39.1 Å². The Kier molecular flexibility index (Phi) is 6.96. The second-order valence-corrected chi connectivity index (χ2v) is 5.74. The molecule has 0 heterocycles. The summed E-state index contributed by atoms with van der Waals surface area (Å²) in [5, 5.41) is 0. The monoisotopic (exact) mass is 281 g/mol. The van der Waals surface area contributed by atoms with Crippen LogP contribution in [0.4, 0.5) is 10.1 Å². The van der Waals surface area contributed by atoms with Crippen molar-refractivity contribution in [3.63, 3.8) is 0 Å². The van der Waals surface area contributed by atoms with Gasteiger partial charge in [0.1, 0.15) is 5.82 Å². The Morgan fingerprint density at radius 3 is 2.45 bits per heavy atom. The van der Waals surface area contributed by atoms with Crippen molar-refractivity contribution in [3.05, 3.63) is 29.6 Å². The Bertz CT molecular complexity index is 407. The number of hydrogen-bond acceptors (Lipinski definition) is 3. The van der Waals surface area contributed by atoms with Crippen molar-refractivity contribution in [1.29, 1.82) is 0 Å². The topological polar surface area (TPSA) is 32.5 Å². The average molecular weight is 281 g/mol. The van der Waals surface area contributed by atoms with Crippen LogP contribution in [0.25, 0.3) is 0 Å². The summed E-state index contributed by atoms with van der Waals surface area (Å²) in [6.07, 6.45) is 2.66. The minimum atomic E-state index is -0.154. The first-order valence-electron chi connectivity index (χ1n) is 7.34. The first kappa shape index (κ1) is 16.9. The Labute approximate surface area is 122 Å². The van der Waals surface area contributed by atoms with Crippen LogP contribution in [0.1, 0.15) is 25.3 Å². The maximum atomic E-state index is 14.1. The molecule has 0 bridgehead atoms. The lowest BCUT2D eigenvalue weighted by Gasteiger charge is -2.21. The Hall–Kier alpha value is -1.13. The van der Waals surface area contributed by atoms with Crippen LogP contribution < -0.4 is 10.6 Å². The van der Waals surface area contributed by atoms with Crippen LogP contribution >= 0.6 is 0 Å². The third-order valence-electron chi connectivity index (χ3n) is 3.54. The number of nitrogens with two attached hydrogens (primary N) is 1. The van der Waals surface area contributed by atoms with Gasteiger partial charge in [-0.3, -0.25) is 0 Å². The van der Waals surface area contributed by atoms with E-state index in [0.29, 0.717) is 5.69 Å². The fourth-order valence-electron chi connectivity index (χ4n) is 2.18. The molecule has 114 valence electrons. The zero-order valence-corrected chi connectivity index (χ0v) is 13.2. The van der Waals surface area contributed by atoms with Gasteiger partial charge < -0.3 is 15.5 Å². The molecule has 1 aromatic carbocycles. The third kappa shape index (κ3) is 5.47. The molecule has 3 nitrogen and oxygen atoms in total. The van der Waals surface area contributed by atoms with Gasteiger partial charge in [-0.2, -0.15) is 0 Å². The van der Waals surface area contributed by atoms with Crippen LogP contribution in [0, 0.1) is 5.82 Å². The quantitative estimate of drug-likeness (QED) is 0.794. The van der Waals surface area contributed by atoms with Crippen LogP contribution in [-0.2, 0) is 6.42 Å². The molecule has 20 heavy (non-hydrogen) atoms. The molecule has 0 aliphatic rings. The first-order valence-corrected chi connectivity index (χ1v) is 7.34. The standard InChI is InChI=1S/C16H28FN3/c1-5-14(18)11-13-7-8-16(15(17)12-13)20(4)10-6-9-19(2)3/h7-8,12,14H,5-6,9-11,18H2,1-4H3. The van der Waals surface area contributed by atoms with Crippen molar-refractivity contribution in [2.45, 2.75) is 32.2 Å². The molecule has 0 aromatic heterocycles. The van der Waals surface area contributed by atoms with Gasteiger partial charge in [0.15, 0.2) is 0 Å². The first-order chi connectivity index (χ1) is 9.43. The van der Waals surface area contributed by atoms with Gasteiger partial charge in [-0.1, -0.05) is 13.0 Å². The number of hydrogen-bond donors (Lipinski definition) is 1. The molecule has 0 fully saturated rings. The summed E-state index contributed by atoms with van der Waals surface area (Å²) in [5.74, 6) is -0.154. The lowest BCUT2D eigenvalue weighted by Crippen LogP contribution is -2.24. The zero-order valence-electron chi connectivity index (χ0n) is 13.2. The van der Waals surface area contributed by atoms with E-state index in [1.165, 1.54) is 0 Å². The van der Waals surface area contributed by atoms with Gasteiger partial charge in [0.25, 0.3) is 0 Å².